The van der Waals surface area contributed by atoms with E-state index in [4.69, 9.17) is 11.6 Å². The molecule has 0 aliphatic carbocycles. The third kappa shape index (κ3) is 4.77. The van der Waals surface area contributed by atoms with Crippen molar-refractivity contribution in [2.45, 2.75) is 26.3 Å². The summed E-state index contributed by atoms with van der Waals surface area (Å²) in [6, 6.07) is 7.74. The van der Waals surface area contributed by atoms with Crippen molar-refractivity contribution in [3.05, 3.63) is 34.9 Å². The van der Waals surface area contributed by atoms with Crippen molar-refractivity contribution in [1.29, 1.82) is 0 Å². The largest absolute Gasteiger partial charge is 0.298 e. The van der Waals surface area contributed by atoms with E-state index in [1.165, 1.54) is 0 Å². The van der Waals surface area contributed by atoms with Crippen molar-refractivity contribution in [1.82, 2.24) is 4.90 Å². The van der Waals surface area contributed by atoms with E-state index in [0.29, 0.717) is 18.7 Å². The van der Waals surface area contributed by atoms with Crippen LogP contribution in [0.2, 0.25) is 5.02 Å². The van der Waals surface area contributed by atoms with Crippen LogP contribution in [0.5, 0.6) is 0 Å². The summed E-state index contributed by atoms with van der Waals surface area (Å²) in [5, 5.41) is 0.741. The zero-order chi connectivity index (χ0) is 12.0. The monoisotopic (exact) mass is 239 g/mol. The molecular weight excluding hydrogens is 222 g/mol. The molecule has 0 saturated heterocycles. The lowest BCUT2D eigenvalue weighted by Gasteiger charge is -2.15. The number of carbonyl (C=O) groups is 1. The van der Waals surface area contributed by atoms with Crippen molar-refractivity contribution in [2.24, 2.45) is 0 Å². The topological polar surface area (TPSA) is 20.3 Å². The summed E-state index contributed by atoms with van der Waals surface area (Å²) < 4.78 is 0. The quantitative estimate of drug-likeness (QED) is 0.760. The molecule has 0 atom stereocenters. The Morgan fingerprint density at radius 3 is 2.81 bits per heavy atom. The van der Waals surface area contributed by atoms with Gasteiger partial charge >= 0.3 is 0 Å². The maximum Gasteiger partial charge on any atom is 0.146 e. The fraction of sp³-hybridized carbons (Fsp3) is 0.462. The van der Waals surface area contributed by atoms with E-state index < -0.39 is 0 Å². The Bertz CT molecular complexity index is 352. The number of hydrogen-bond donors (Lipinski definition) is 0. The molecule has 0 aliphatic heterocycles. The van der Waals surface area contributed by atoms with Gasteiger partial charge in [-0.2, -0.15) is 0 Å². The zero-order valence-corrected chi connectivity index (χ0v) is 10.6. The zero-order valence-electron chi connectivity index (χ0n) is 9.87. The summed E-state index contributed by atoms with van der Waals surface area (Å²) in [4.78, 5) is 13.5. The fourth-order valence-corrected chi connectivity index (χ4v) is 1.87. The van der Waals surface area contributed by atoms with Crippen LogP contribution in [0, 0.1) is 0 Å². The SMILES string of the molecule is CCCC(=O)CN(C)Cc1cccc(Cl)c1. The van der Waals surface area contributed by atoms with E-state index in [1.54, 1.807) is 0 Å². The summed E-state index contributed by atoms with van der Waals surface area (Å²) in [7, 11) is 1.95. The van der Waals surface area contributed by atoms with Gasteiger partial charge in [0.1, 0.15) is 5.78 Å². The van der Waals surface area contributed by atoms with Crippen LogP contribution in [-0.4, -0.2) is 24.3 Å². The van der Waals surface area contributed by atoms with Crippen LogP contribution in [-0.2, 0) is 11.3 Å². The number of ketones is 1. The molecule has 0 N–H and O–H groups in total. The number of likely N-dealkylation sites (N-methyl/N-ethyl adjacent to an activating group) is 1. The molecule has 0 aliphatic rings. The average Bonchev–Trinajstić information content (AvgIpc) is 2.17. The number of hydrogen-bond acceptors (Lipinski definition) is 2. The van der Waals surface area contributed by atoms with Gasteiger partial charge in [0.15, 0.2) is 0 Å². The number of benzene rings is 1. The van der Waals surface area contributed by atoms with E-state index >= 15 is 0 Å². The Kier molecular flexibility index (Phi) is 5.50. The molecule has 0 spiro atoms. The molecule has 0 saturated carbocycles. The predicted molar refractivity (Wildman–Crippen MR) is 67.7 cm³/mol. The minimum absolute atomic E-state index is 0.298. The van der Waals surface area contributed by atoms with Gasteiger partial charge in [0.25, 0.3) is 0 Å². The summed E-state index contributed by atoms with van der Waals surface area (Å²) >= 11 is 5.90. The van der Waals surface area contributed by atoms with E-state index in [9.17, 15) is 4.79 Å². The number of halogens is 1. The molecule has 0 fully saturated rings. The second kappa shape index (κ2) is 6.66. The average molecular weight is 240 g/mol. The van der Waals surface area contributed by atoms with Gasteiger partial charge in [-0.15, -0.1) is 0 Å². The van der Waals surface area contributed by atoms with Gasteiger partial charge in [-0.05, 0) is 31.2 Å². The van der Waals surface area contributed by atoms with Gasteiger partial charge in [0.05, 0.1) is 6.54 Å². The first-order valence-corrected chi connectivity index (χ1v) is 5.94. The number of nitrogens with zero attached hydrogens (tertiary/aromatic N) is 1. The van der Waals surface area contributed by atoms with Crippen LogP contribution in [0.1, 0.15) is 25.3 Å². The molecule has 2 nitrogen and oxygen atoms in total. The highest BCUT2D eigenvalue weighted by Crippen LogP contribution is 2.12. The molecule has 0 radical (unpaired) electrons. The summed E-state index contributed by atoms with van der Waals surface area (Å²) in [6.07, 6.45) is 1.59. The predicted octanol–water partition coefficient (Wildman–Crippen LogP) is 3.14. The highest BCUT2D eigenvalue weighted by atomic mass is 35.5. The maximum atomic E-state index is 11.4. The standard InChI is InChI=1S/C13H18ClNO/c1-3-5-13(16)10-15(2)9-11-6-4-7-12(14)8-11/h4,6-8H,3,5,9-10H2,1-2H3. The molecule has 0 unspecified atom stereocenters. The van der Waals surface area contributed by atoms with Gasteiger partial charge in [-0.1, -0.05) is 30.7 Å². The first-order valence-electron chi connectivity index (χ1n) is 5.56. The van der Waals surface area contributed by atoms with E-state index in [1.807, 2.05) is 43.1 Å². The Morgan fingerprint density at radius 2 is 2.19 bits per heavy atom. The first kappa shape index (κ1) is 13.2. The normalized spacial score (nSPS) is 10.8. The van der Waals surface area contributed by atoms with Crippen LogP contribution in [0.4, 0.5) is 0 Å². The van der Waals surface area contributed by atoms with E-state index in [0.717, 1.165) is 23.6 Å². The van der Waals surface area contributed by atoms with E-state index in [-0.39, 0.29) is 0 Å². The number of Topliss-reactive ketones (excluding diaryl/α,β-unsaturated/α-hetero) is 1. The molecule has 0 bridgehead atoms. The van der Waals surface area contributed by atoms with Crippen molar-refractivity contribution >= 4 is 17.4 Å². The molecule has 3 heteroatoms. The van der Waals surface area contributed by atoms with Crippen LogP contribution in [0.3, 0.4) is 0 Å². The minimum atomic E-state index is 0.298. The highest BCUT2D eigenvalue weighted by Gasteiger charge is 2.06. The summed E-state index contributed by atoms with van der Waals surface area (Å²) in [6.45, 7) is 3.30. The first-order chi connectivity index (χ1) is 7.61. The molecule has 0 heterocycles. The van der Waals surface area contributed by atoms with E-state index in [2.05, 4.69) is 0 Å². The van der Waals surface area contributed by atoms with Crippen LogP contribution in [0.25, 0.3) is 0 Å². The molecule has 0 amide bonds. The molecular formula is C13H18ClNO. The minimum Gasteiger partial charge on any atom is -0.298 e. The molecule has 0 aromatic heterocycles. The lowest BCUT2D eigenvalue weighted by atomic mass is 10.2. The Balaban J connectivity index is 2.45. The molecule has 16 heavy (non-hydrogen) atoms. The van der Waals surface area contributed by atoms with Gasteiger partial charge < -0.3 is 0 Å². The Hall–Kier alpha value is -0.860. The molecule has 88 valence electrons. The van der Waals surface area contributed by atoms with Gasteiger partial charge in [-0.3, -0.25) is 9.69 Å². The molecule has 1 aromatic rings. The third-order valence-electron chi connectivity index (χ3n) is 2.32. The van der Waals surface area contributed by atoms with Crippen molar-refractivity contribution in [3.8, 4) is 0 Å². The lowest BCUT2D eigenvalue weighted by molar-refractivity contribution is -0.120. The van der Waals surface area contributed by atoms with Crippen molar-refractivity contribution in [2.75, 3.05) is 13.6 Å². The van der Waals surface area contributed by atoms with Crippen LogP contribution in [0.15, 0.2) is 24.3 Å². The second-order valence-electron chi connectivity index (χ2n) is 4.09. The maximum absolute atomic E-state index is 11.4. The lowest BCUT2D eigenvalue weighted by Crippen LogP contribution is -2.25. The number of rotatable bonds is 6. The van der Waals surface area contributed by atoms with Gasteiger partial charge in [-0.25, -0.2) is 0 Å². The van der Waals surface area contributed by atoms with Gasteiger partial charge in [0.2, 0.25) is 0 Å². The van der Waals surface area contributed by atoms with Crippen LogP contribution < -0.4 is 0 Å². The smallest absolute Gasteiger partial charge is 0.146 e. The molecule has 1 aromatic carbocycles. The Labute approximate surface area is 102 Å². The van der Waals surface area contributed by atoms with Gasteiger partial charge in [0, 0.05) is 18.0 Å². The molecule has 1 rings (SSSR count). The Morgan fingerprint density at radius 1 is 1.44 bits per heavy atom. The van der Waals surface area contributed by atoms with Crippen molar-refractivity contribution in [3.63, 3.8) is 0 Å². The third-order valence-corrected chi connectivity index (χ3v) is 2.55. The number of carbonyl (C=O) groups excluding carboxylic acids is 1. The summed E-state index contributed by atoms with van der Waals surface area (Å²) in [5.74, 6) is 0.298. The summed E-state index contributed by atoms with van der Waals surface area (Å²) in [5.41, 5.74) is 1.14. The van der Waals surface area contributed by atoms with Crippen LogP contribution >= 0.6 is 11.6 Å². The van der Waals surface area contributed by atoms with Crippen molar-refractivity contribution < 1.29 is 4.79 Å². The fourth-order valence-electron chi connectivity index (χ4n) is 1.66. The highest BCUT2D eigenvalue weighted by molar-refractivity contribution is 6.30. The second-order valence-corrected chi connectivity index (χ2v) is 4.53.